The summed E-state index contributed by atoms with van der Waals surface area (Å²) in [4.78, 5) is 14.8. The Morgan fingerprint density at radius 1 is 1.62 bits per heavy atom. The number of halogens is 1. The lowest BCUT2D eigenvalue weighted by molar-refractivity contribution is 0.241. The molecule has 0 aliphatic carbocycles. The first-order chi connectivity index (χ1) is 7.61. The zero-order valence-corrected chi connectivity index (χ0v) is 8.90. The number of pyridine rings is 1. The highest BCUT2D eigenvalue weighted by Crippen LogP contribution is 2.04. The summed E-state index contributed by atoms with van der Waals surface area (Å²) in [5.41, 5.74) is 0.412. The first-order valence-corrected chi connectivity index (χ1v) is 4.91. The largest absolute Gasteiger partial charge is 0.396 e. The van der Waals surface area contributed by atoms with Gasteiger partial charge < -0.3 is 15.7 Å². The summed E-state index contributed by atoms with van der Waals surface area (Å²) in [6.45, 7) is 1.79. The van der Waals surface area contributed by atoms with E-state index in [9.17, 15) is 9.18 Å². The van der Waals surface area contributed by atoms with E-state index in [2.05, 4.69) is 15.6 Å². The molecule has 1 atom stereocenters. The van der Waals surface area contributed by atoms with Gasteiger partial charge in [-0.1, -0.05) is 0 Å². The van der Waals surface area contributed by atoms with Crippen LogP contribution < -0.4 is 10.6 Å². The van der Waals surface area contributed by atoms with E-state index in [1.165, 1.54) is 12.3 Å². The predicted molar refractivity (Wildman–Crippen MR) is 57.5 cm³/mol. The minimum Gasteiger partial charge on any atom is -0.396 e. The van der Waals surface area contributed by atoms with Gasteiger partial charge in [-0.2, -0.15) is 4.39 Å². The van der Waals surface area contributed by atoms with Crippen molar-refractivity contribution in [2.45, 2.75) is 19.4 Å². The van der Waals surface area contributed by atoms with Crippen molar-refractivity contribution in [3.05, 3.63) is 24.3 Å². The van der Waals surface area contributed by atoms with Gasteiger partial charge in [-0.3, -0.25) is 0 Å². The fraction of sp³-hybridized carbons (Fsp3) is 0.400. The zero-order chi connectivity index (χ0) is 12.0. The number of nitrogens with one attached hydrogen (secondary N) is 2. The molecule has 0 fully saturated rings. The number of hydrogen-bond donors (Lipinski definition) is 3. The Balaban J connectivity index is 2.42. The minimum atomic E-state index is -0.598. The van der Waals surface area contributed by atoms with Crippen LogP contribution in [-0.2, 0) is 0 Å². The quantitative estimate of drug-likeness (QED) is 0.674. The number of urea groups is 1. The fourth-order valence-corrected chi connectivity index (χ4v) is 1.11. The maximum Gasteiger partial charge on any atom is 0.319 e. The van der Waals surface area contributed by atoms with Crippen LogP contribution in [0.5, 0.6) is 0 Å². The minimum absolute atomic E-state index is 0.0134. The van der Waals surface area contributed by atoms with Gasteiger partial charge in [0.2, 0.25) is 5.95 Å². The van der Waals surface area contributed by atoms with E-state index in [-0.39, 0.29) is 12.6 Å². The second kappa shape index (κ2) is 6.02. The number of aromatic nitrogens is 1. The predicted octanol–water partition coefficient (Wildman–Crippen LogP) is 1.11. The summed E-state index contributed by atoms with van der Waals surface area (Å²) in [7, 11) is 0. The molecule has 1 heterocycles. The number of aliphatic hydroxyl groups excluding tert-OH is 1. The first kappa shape index (κ1) is 12.4. The summed E-state index contributed by atoms with van der Waals surface area (Å²) in [5, 5.41) is 13.8. The number of nitrogens with zero attached hydrogens (tertiary/aromatic N) is 1. The zero-order valence-electron chi connectivity index (χ0n) is 8.90. The highest BCUT2D eigenvalue weighted by Gasteiger charge is 2.06. The Morgan fingerprint density at radius 2 is 2.38 bits per heavy atom. The maximum absolute atomic E-state index is 12.5. The molecule has 0 saturated carbocycles. The third-order valence-electron chi connectivity index (χ3n) is 1.92. The molecule has 1 rings (SSSR count). The lowest BCUT2D eigenvalue weighted by atomic mass is 10.2. The molecular weight excluding hydrogens is 213 g/mol. The smallest absolute Gasteiger partial charge is 0.319 e. The fourth-order valence-electron chi connectivity index (χ4n) is 1.11. The van der Waals surface area contributed by atoms with Crippen LogP contribution in [0.25, 0.3) is 0 Å². The van der Waals surface area contributed by atoms with Crippen LogP contribution in [0.2, 0.25) is 0 Å². The number of rotatable bonds is 4. The molecule has 0 aromatic carbocycles. The molecule has 3 N–H and O–H groups in total. The molecule has 0 bridgehead atoms. The van der Waals surface area contributed by atoms with E-state index in [1.807, 2.05) is 0 Å². The number of amides is 2. The molecule has 0 unspecified atom stereocenters. The van der Waals surface area contributed by atoms with E-state index in [1.54, 1.807) is 6.92 Å². The highest BCUT2D eigenvalue weighted by atomic mass is 19.1. The second-order valence-electron chi connectivity index (χ2n) is 3.38. The molecule has 0 spiro atoms. The molecule has 5 nitrogen and oxygen atoms in total. The van der Waals surface area contributed by atoms with Crippen molar-refractivity contribution in [3.8, 4) is 0 Å². The van der Waals surface area contributed by atoms with E-state index < -0.39 is 12.0 Å². The highest BCUT2D eigenvalue weighted by molar-refractivity contribution is 5.89. The first-order valence-electron chi connectivity index (χ1n) is 4.91. The van der Waals surface area contributed by atoms with Crippen LogP contribution >= 0.6 is 0 Å². The third kappa shape index (κ3) is 4.22. The van der Waals surface area contributed by atoms with Crippen LogP contribution in [-0.4, -0.2) is 28.8 Å². The van der Waals surface area contributed by atoms with Crippen LogP contribution in [0.4, 0.5) is 14.9 Å². The molecule has 2 amide bonds. The molecular formula is C10H14FN3O2. The van der Waals surface area contributed by atoms with Gasteiger partial charge in [0.05, 0.1) is 11.9 Å². The van der Waals surface area contributed by atoms with Gasteiger partial charge in [0.15, 0.2) is 0 Å². The van der Waals surface area contributed by atoms with Crippen molar-refractivity contribution in [3.63, 3.8) is 0 Å². The van der Waals surface area contributed by atoms with Gasteiger partial charge in [0, 0.05) is 12.6 Å². The van der Waals surface area contributed by atoms with Gasteiger partial charge in [-0.15, -0.1) is 0 Å². The van der Waals surface area contributed by atoms with Gasteiger partial charge in [0.1, 0.15) is 0 Å². The SMILES string of the molecule is C[C@H](CCO)NC(=O)Nc1ccc(F)nc1. The number of carbonyl (C=O) groups excluding carboxylic acids is 1. The molecule has 16 heavy (non-hydrogen) atoms. The topological polar surface area (TPSA) is 74.2 Å². The van der Waals surface area contributed by atoms with Crippen molar-refractivity contribution in [2.75, 3.05) is 11.9 Å². The average Bonchev–Trinajstić information content (AvgIpc) is 2.21. The van der Waals surface area contributed by atoms with E-state index in [0.717, 1.165) is 6.07 Å². The van der Waals surface area contributed by atoms with E-state index in [4.69, 9.17) is 5.11 Å². The Hall–Kier alpha value is -1.69. The van der Waals surface area contributed by atoms with Gasteiger partial charge in [0.25, 0.3) is 0 Å². The maximum atomic E-state index is 12.5. The normalized spacial score (nSPS) is 11.9. The van der Waals surface area contributed by atoms with E-state index in [0.29, 0.717) is 12.1 Å². The van der Waals surface area contributed by atoms with Crippen molar-refractivity contribution < 1.29 is 14.3 Å². The van der Waals surface area contributed by atoms with Crippen LogP contribution in [0.1, 0.15) is 13.3 Å². The molecule has 88 valence electrons. The number of carbonyl (C=O) groups is 1. The summed E-state index contributed by atoms with van der Waals surface area (Å²) < 4.78 is 12.5. The van der Waals surface area contributed by atoms with E-state index >= 15 is 0 Å². The lowest BCUT2D eigenvalue weighted by Crippen LogP contribution is -2.36. The number of aliphatic hydroxyl groups is 1. The second-order valence-corrected chi connectivity index (χ2v) is 3.38. The molecule has 0 radical (unpaired) electrons. The van der Waals surface area contributed by atoms with Crippen LogP contribution in [0, 0.1) is 5.95 Å². The standard InChI is InChI=1S/C10H14FN3O2/c1-7(4-5-15)13-10(16)14-8-2-3-9(11)12-6-8/h2-3,6-7,15H,4-5H2,1H3,(H2,13,14,16)/t7-/m1/s1. The van der Waals surface area contributed by atoms with Crippen LogP contribution in [0.15, 0.2) is 18.3 Å². The summed E-state index contributed by atoms with van der Waals surface area (Å²) in [6, 6.07) is 2.04. The molecule has 0 aliphatic heterocycles. The lowest BCUT2D eigenvalue weighted by Gasteiger charge is -2.13. The number of anilines is 1. The molecule has 1 aromatic heterocycles. The van der Waals surface area contributed by atoms with Crippen molar-refractivity contribution in [1.82, 2.24) is 10.3 Å². The summed E-state index contributed by atoms with van der Waals surface area (Å²) >= 11 is 0. The molecule has 0 aliphatic rings. The van der Waals surface area contributed by atoms with Crippen molar-refractivity contribution in [1.29, 1.82) is 0 Å². The Morgan fingerprint density at radius 3 is 2.94 bits per heavy atom. The average molecular weight is 227 g/mol. The van der Waals surface area contributed by atoms with Gasteiger partial charge in [-0.25, -0.2) is 9.78 Å². The van der Waals surface area contributed by atoms with Gasteiger partial charge >= 0.3 is 6.03 Å². The monoisotopic (exact) mass is 227 g/mol. The van der Waals surface area contributed by atoms with Gasteiger partial charge in [-0.05, 0) is 25.5 Å². The molecule has 6 heteroatoms. The Bertz CT molecular complexity index is 342. The Kier molecular flexibility index (Phi) is 4.65. The number of hydrogen-bond acceptors (Lipinski definition) is 3. The van der Waals surface area contributed by atoms with Crippen LogP contribution in [0.3, 0.4) is 0 Å². The summed E-state index contributed by atoms with van der Waals surface area (Å²) in [6.07, 6.45) is 1.71. The van der Waals surface area contributed by atoms with Crippen molar-refractivity contribution >= 4 is 11.7 Å². The summed E-state index contributed by atoms with van der Waals surface area (Å²) in [5.74, 6) is -0.598. The molecule has 0 saturated heterocycles. The third-order valence-corrected chi connectivity index (χ3v) is 1.92. The van der Waals surface area contributed by atoms with Crippen molar-refractivity contribution in [2.24, 2.45) is 0 Å². The molecule has 1 aromatic rings. The Labute approximate surface area is 92.7 Å².